The van der Waals surface area contributed by atoms with Crippen LogP contribution in [0.4, 0.5) is 0 Å². The van der Waals surface area contributed by atoms with Crippen LogP contribution in [0.5, 0.6) is 0 Å². The van der Waals surface area contributed by atoms with Gasteiger partial charge in [-0.15, -0.1) is 6.58 Å². The zero-order chi connectivity index (χ0) is 22.1. The number of aryl methyl sites for hydroxylation is 1. The summed E-state index contributed by atoms with van der Waals surface area (Å²) in [5.74, 6) is -0.421. The van der Waals surface area contributed by atoms with Gasteiger partial charge in [0.15, 0.2) is 0 Å². The summed E-state index contributed by atoms with van der Waals surface area (Å²) < 4.78 is 3.01. The summed E-state index contributed by atoms with van der Waals surface area (Å²) in [5.41, 5.74) is 2.48. The molecule has 156 valence electrons. The number of aromatic nitrogens is 3. The molecule has 0 spiro atoms. The molecule has 31 heavy (non-hydrogen) atoms. The van der Waals surface area contributed by atoms with Crippen molar-refractivity contribution < 1.29 is 4.79 Å². The van der Waals surface area contributed by atoms with Crippen molar-refractivity contribution in [1.29, 1.82) is 5.41 Å². The molecule has 1 aromatic carbocycles. The number of amides is 1. The van der Waals surface area contributed by atoms with E-state index < -0.39 is 5.91 Å². The third-order valence-corrected chi connectivity index (χ3v) is 5.34. The zero-order valence-corrected chi connectivity index (χ0v) is 17.4. The fraction of sp³-hybridized carbons (Fsp3) is 0.167. The van der Waals surface area contributed by atoms with Crippen LogP contribution in [0.15, 0.2) is 72.2 Å². The third-order valence-electron chi connectivity index (χ3n) is 5.34. The number of nitrogens with zero attached hydrogens (tertiary/aromatic N) is 3. The van der Waals surface area contributed by atoms with E-state index in [-0.39, 0.29) is 34.6 Å². The van der Waals surface area contributed by atoms with Gasteiger partial charge in [0.1, 0.15) is 16.8 Å². The minimum atomic E-state index is -0.421. The van der Waals surface area contributed by atoms with Crippen molar-refractivity contribution in [1.82, 2.24) is 19.3 Å². The second kappa shape index (κ2) is 8.02. The Labute approximate surface area is 178 Å². The standard InChI is InChI=1S/C24H23N5O2/c1-4-12-28-20(25)18(23(30)26-16(3)17-10-6-5-7-11-17)14-19-22(28)27-21-15(2)9-8-13-29(21)24(19)31/h4-11,13-14,16,25H,1,12H2,2-3H3,(H,26,30)/t16-/m0/s1. The van der Waals surface area contributed by atoms with Crippen molar-refractivity contribution in [3.05, 3.63) is 99.9 Å². The molecule has 0 unspecified atom stereocenters. The minimum absolute atomic E-state index is 0.0185. The topological polar surface area (TPSA) is 92.2 Å². The Bertz CT molecular complexity index is 1430. The van der Waals surface area contributed by atoms with Gasteiger partial charge >= 0.3 is 0 Å². The summed E-state index contributed by atoms with van der Waals surface area (Å²) in [6.07, 6.45) is 3.27. The van der Waals surface area contributed by atoms with Crippen LogP contribution in [0.1, 0.15) is 34.5 Å². The average molecular weight is 413 g/mol. The highest BCUT2D eigenvalue weighted by Crippen LogP contribution is 2.15. The number of carbonyl (C=O) groups excluding carboxylic acids is 1. The van der Waals surface area contributed by atoms with Gasteiger partial charge < -0.3 is 9.88 Å². The fourth-order valence-electron chi connectivity index (χ4n) is 3.68. The molecule has 3 heterocycles. The molecule has 0 fully saturated rings. The van der Waals surface area contributed by atoms with Crippen LogP contribution in [0, 0.1) is 12.3 Å². The second-order valence-electron chi connectivity index (χ2n) is 7.45. The molecule has 0 saturated carbocycles. The van der Waals surface area contributed by atoms with E-state index in [4.69, 9.17) is 5.41 Å². The molecular weight excluding hydrogens is 390 g/mol. The Balaban J connectivity index is 1.91. The van der Waals surface area contributed by atoms with Crippen LogP contribution < -0.4 is 16.4 Å². The van der Waals surface area contributed by atoms with E-state index in [9.17, 15) is 9.59 Å². The lowest BCUT2D eigenvalue weighted by Gasteiger charge is -2.17. The predicted molar refractivity (Wildman–Crippen MR) is 120 cm³/mol. The first-order valence-electron chi connectivity index (χ1n) is 9.99. The molecule has 3 aromatic heterocycles. The average Bonchev–Trinajstić information content (AvgIpc) is 2.77. The molecule has 0 aliphatic rings. The van der Waals surface area contributed by atoms with Crippen molar-refractivity contribution >= 4 is 22.6 Å². The van der Waals surface area contributed by atoms with Gasteiger partial charge in [0.2, 0.25) is 0 Å². The number of hydrogen-bond donors (Lipinski definition) is 2. The molecule has 0 aliphatic carbocycles. The predicted octanol–water partition coefficient (Wildman–Crippen LogP) is 3.11. The Morgan fingerprint density at radius 2 is 1.97 bits per heavy atom. The highest BCUT2D eigenvalue weighted by atomic mass is 16.2. The van der Waals surface area contributed by atoms with Gasteiger partial charge in [-0.3, -0.25) is 19.4 Å². The number of allylic oxidation sites excluding steroid dienone is 1. The number of pyridine rings is 2. The van der Waals surface area contributed by atoms with E-state index >= 15 is 0 Å². The van der Waals surface area contributed by atoms with Crippen LogP contribution in [0.25, 0.3) is 16.7 Å². The Morgan fingerprint density at radius 1 is 1.23 bits per heavy atom. The quantitative estimate of drug-likeness (QED) is 0.389. The number of fused-ring (bicyclic) bond motifs is 2. The SMILES string of the molecule is C=CCn1c(=N)c(C(=O)N[C@@H](C)c2ccccc2)cc2c(=O)n3cccc(C)c3nc21. The first kappa shape index (κ1) is 20.3. The van der Waals surface area contributed by atoms with Gasteiger partial charge in [-0.05, 0) is 37.1 Å². The molecule has 4 aromatic rings. The van der Waals surface area contributed by atoms with Gasteiger partial charge in [-0.25, -0.2) is 4.98 Å². The maximum Gasteiger partial charge on any atom is 0.267 e. The lowest BCUT2D eigenvalue weighted by molar-refractivity contribution is 0.0937. The Kier molecular flexibility index (Phi) is 5.25. The van der Waals surface area contributed by atoms with E-state index in [1.54, 1.807) is 18.3 Å². The molecule has 2 N–H and O–H groups in total. The third kappa shape index (κ3) is 3.54. The van der Waals surface area contributed by atoms with Crippen LogP contribution >= 0.6 is 0 Å². The van der Waals surface area contributed by atoms with Crippen LogP contribution in [0.3, 0.4) is 0 Å². The molecule has 0 bridgehead atoms. The molecule has 0 aliphatic heterocycles. The molecule has 1 amide bonds. The first-order chi connectivity index (χ1) is 14.9. The highest BCUT2D eigenvalue weighted by molar-refractivity contribution is 5.97. The molecule has 0 radical (unpaired) electrons. The number of benzene rings is 1. The summed E-state index contributed by atoms with van der Waals surface area (Å²) in [6, 6.07) is 14.4. The van der Waals surface area contributed by atoms with Crippen molar-refractivity contribution in [2.24, 2.45) is 0 Å². The number of rotatable bonds is 5. The molecular formula is C24H23N5O2. The number of carbonyl (C=O) groups is 1. The van der Waals surface area contributed by atoms with Gasteiger partial charge in [0, 0.05) is 12.7 Å². The minimum Gasteiger partial charge on any atom is -0.345 e. The summed E-state index contributed by atoms with van der Waals surface area (Å²) >= 11 is 0. The van der Waals surface area contributed by atoms with E-state index in [1.807, 2.05) is 50.2 Å². The Morgan fingerprint density at radius 3 is 2.68 bits per heavy atom. The molecule has 4 rings (SSSR count). The van der Waals surface area contributed by atoms with Crippen LogP contribution in [0.2, 0.25) is 0 Å². The van der Waals surface area contributed by atoms with Crippen LogP contribution in [-0.4, -0.2) is 19.9 Å². The van der Waals surface area contributed by atoms with Gasteiger partial charge in [-0.1, -0.05) is 42.5 Å². The molecule has 0 saturated heterocycles. The lowest BCUT2D eigenvalue weighted by Crippen LogP contribution is -2.35. The van der Waals surface area contributed by atoms with E-state index in [2.05, 4.69) is 16.9 Å². The van der Waals surface area contributed by atoms with Gasteiger partial charge in [0.05, 0.1) is 17.0 Å². The maximum absolute atomic E-state index is 13.2. The fourth-order valence-corrected chi connectivity index (χ4v) is 3.68. The van der Waals surface area contributed by atoms with E-state index in [0.717, 1.165) is 11.1 Å². The molecule has 1 atom stereocenters. The summed E-state index contributed by atoms with van der Waals surface area (Å²) in [4.78, 5) is 30.9. The van der Waals surface area contributed by atoms with Crippen molar-refractivity contribution in [3.63, 3.8) is 0 Å². The molecule has 7 heteroatoms. The van der Waals surface area contributed by atoms with Crippen LogP contribution in [-0.2, 0) is 6.54 Å². The van der Waals surface area contributed by atoms with Crippen molar-refractivity contribution in [3.8, 4) is 0 Å². The zero-order valence-electron chi connectivity index (χ0n) is 17.4. The number of hydrogen-bond acceptors (Lipinski definition) is 4. The van der Waals surface area contributed by atoms with Crippen molar-refractivity contribution in [2.75, 3.05) is 0 Å². The van der Waals surface area contributed by atoms with Gasteiger partial charge in [0.25, 0.3) is 11.5 Å². The van der Waals surface area contributed by atoms with Gasteiger partial charge in [-0.2, -0.15) is 0 Å². The first-order valence-corrected chi connectivity index (χ1v) is 9.99. The lowest BCUT2D eigenvalue weighted by atomic mass is 10.1. The van der Waals surface area contributed by atoms with E-state index in [1.165, 1.54) is 15.0 Å². The van der Waals surface area contributed by atoms with E-state index in [0.29, 0.717) is 11.3 Å². The second-order valence-corrected chi connectivity index (χ2v) is 7.45. The highest BCUT2D eigenvalue weighted by Gasteiger charge is 2.19. The largest absolute Gasteiger partial charge is 0.345 e. The normalized spacial score (nSPS) is 12.1. The summed E-state index contributed by atoms with van der Waals surface area (Å²) in [7, 11) is 0. The smallest absolute Gasteiger partial charge is 0.267 e. The number of nitrogens with one attached hydrogen (secondary N) is 2. The maximum atomic E-state index is 13.2. The monoisotopic (exact) mass is 413 g/mol. The summed E-state index contributed by atoms with van der Waals surface area (Å²) in [6.45, 7) is 7.75. The summed E-state index contributed by atoms with van der Waals surface area (Å²) in [5, 5.41) is 11.9. The Hall–Kier alpha value is -4.00. The molecule has 7 nitrogen and oxygen atoms in total. The van der Waals surface area contributed by atoms with Crippen molar-refractivity contribution in [2.45, 2.75) is 26.4 Å².